The maximum absolute atomic E-state index is 13.2. The Morgan fingerprint density at radius 2 is 1.81 bits per heavy atom. The molecule has 0 spiro atoms. The molecule has 13 heteroatoms. The lowest BCUT2D eigenvalue weighted by Crippen LogP contribution is -2.31. The molecule has 3 aromatic heterocycles. The van der Waals surface area contributed by atoms with Gasteiger partial charge in [-0.05, 0) is 19.1 Å². The van der Waals surface area contributed by atoms with E-state index in [2.05, 4.69) is 30.9 Å². The number of anilines is 1. The lowest BCUT2D eigenvalue weighted by Gasteiger charge is -2.12. The second-order valence-corrected chi connectivity index (χ2v) is 8.76. The van der Waals surface area contributed by atoms with Crippen molar-refractivity contribution in [2.75, 3.05) is 18.4 Å². The number of alkyl halides is 3. The maximum Gasteiger partial charge on any atom is 0.434 e. The molecule has 3 heterocycles. The van der Waals surface area contributed by atoms with Gasteiger partial charge in [0.2, 0.25) is 0 Å². The SMILES string of the molecule is CCNC(=O)Nc1cc(-c2nc(C(F)(F)F)cs2)c(-c2cncc(C(=O)NCC(=O)C(C)C)c2)cn1. The number of halogens is 3. The molecule has 3 N–H and O–H groups in total. The van der Waals surface area contributed by atoms with Crippen LogP contribution in [0.3, 0.4) is 0 Å². The van der Waals surface area contributed by atoms with E-state index in [9.17, 15) is 27.6 Å². The molecule has 0 atom stereocenters. The Morgan fingerprint density at radius 3 is 2.44 bits per heavy atom. The highest BCUT2D eigenvalue weighted by atomic mass is 32.1. The molecule has 0 saturated heterocycles. The van der Waals surface area contributed by atoms with Crippen molar-refractivity contribution in [3.8, 4) is 21.7 Å². The number of carbonyl (C=O) groups is 3. The summed E-state index contributed by atoms with van der Waals surface area (Å²) in [6, 6.07) is 2.35. The molecule has 36 heavy (non-hydrogen) atoms. The number of thiazole rings is 1. The molecule has 3 rings (SSSR count). The van der Waals surface area contributed by atoms with E-state index in [0.29, 0.717) is 17.7 Å². The lowest BCUT2D eigenvalue weighted by atomic mass is 10.0. The van der Waals surface area contributed by atoms with Gasteiger partial charge in [-0.2, -0.15) is 13.2 Å². The van der Waals surface area contributed by atoms with Gasteiger partial charge in [-0.3, -0.25) is 19.9 Å². The lowest BCUT2D eigenvalue weighted by molar-refractivity contribution is -0.140. The number of amides is 3. The van der Waals surface area contributed by atoms with Gasteiger partial charge < -0.3 is 10.6 Å². The van der Waals surface area contributed by atoms with Crippen molar-refractivity contribution < 1.29 is 27.6 Å². The van der Waals surface area contributed by atoms with Gasteiger partial charge >= 0.3 is 12.2 Å². The van der Waals surface area contributed by atoms with E-state index < -0.39 is 23.8 Å². The minimum Gasteiger partial charge on any atom is -0.345 e. The zero-order valence-corrected chi connectivity index (χ0v) is 20.4. The molecule has 0 aliphatic rings. The smallest absolute Gasteiger partial charge is 0.345 e. The van der Waals surface area contributed by atoms with E-state index in [1.807, 2.05) is 0 Å². The summed E-state index contributed by atoms with van der Waals surface area (Å²) in [4.78, 5) is 48.3. The second kappa shape index (κ2) is 11.2. The van der Waals surface area contributed by atoms with Gasteiger partial charge in [-0.1, -0.05) is 13.8 Å². The van der Waals surface area contributed by atoms with Crippen LogP contribution in [-0.2, 0) is 11.0 Å². The van der Waals surface area contributed by atoms with E-state index >= 15 is 0 Å². The normalized spacial score (nSPS) is 11.3. The summed E-state index contributed by atoms with van der Waals surface area (Å²) in [6.45, 7) is 5.38. The molecule has 190 valence electrons. The Labute approximate surface area is 208 Å². The largest absolute Gasteiger partial charge is 0.434 e. The zero-order chi connectivity index (χ0) is 26.5. The van der Waals surface area contributed by atoms with Crippen molar-refractivity contribution in [2.45, 2.75) is 26.9 Å². The monoisotopic (exact) mass is 520 g/mol. The third-order valence-electron chi connectivity index (χ3n) is 4.89. The van der Waals surface area contributed by atoms with Crippen LogP contribution >= 0.6 is 11.3 Å². The van der Waals surface area contributed by atoms with Crippen molar-refractivity contribution in [3.63, 3.8) is 0 Å². The van der Waals surface area contributed by atoms with E-state index in [0.717, 1.165) is 16.7 Å². The number of ketones is 1. The Morgan fingerprint density at radius 1 is 1.06 bits per heavy atom. The highest BCUT2D eigenvalue weighted by molar-refractivity contribution is 7.13. The van der Waals surface area contributed by atoms with Crippen molar-refractivity contribution >= 4 is 34.9 Å². The standard InChI is InChI=1S/C23H23F3N6O3S/c1-4-28-22(35)32-19-6-15(21-31-18(11-36-21)23(24,25)26)16(9-29-19)13-5-14(8-27-7-13)20(34)30-10-17(33)12(2)3/h5-9,11-12H,4,10H2,1-3H3,(H,30,34)(H2,28,29,32,35). The van der Waals surface area contributed by atoms with Gasteiger partial charge in [-0.25, -0.2) is 14.8 Å². The van der Waals surface area contributed by atoms with Crippen LogP contribution in [0.15, 0.2) is 36.1 Å². The van der Waals surface area contributed by atoms with Crippen LogP contribution in [0.5, 0.6) is 0 Å². The fourth-order valence-electron chi connectivity index (χ4n) is 2.96. The van der Waals surface area contributed by atoms with Crippen molar-refractivity contribution in [1.29, 1.82) is 0 Å². The average molecular weight is 521 g/mol. The van der Waals surface area contributed by atoms with Crippen LogP contribution < -0.4 is 16.0 Å². The zero-order valence-electron chi connectivity index (χ0n) is 19.6. The molecule has 0 radical (unpaired) electrons. The van der Waals surface area contributed by atoms with Crippen LogP contribution in [0.4, 0.5) is 23.8 Å². The number of urea groups is 1. The first kappa shape index (κ1) is 26.7. The predicted molar refractivity (Wildman–Crippen MR) is 128 cm³/mol. The van der Waals surface area contributed by atoms with E-state index in [1.54, 1.807) is 20.8 Å². The highest BCUT2D eigenvalue weighted by Crippen LogP contribution is 2.38. The first-order chi connectivity index (χ1) is 17.0. The van der Waals surface area contributed by atoms with Crippen molar-refractivity contribution in [3.05, 3.63) is 47.4 Å². The fraction of sp³-hybridized carbons (Fsp3) is 0.304. The topological polar surface area (TPSA) is 126 Å². The predicted octanol–water partition coefficient (Wildman–Crippen LogP) is 4.38. The Bertz CT molecular complexity index is 1280. The molecule has 0 aromatic carbocycles. The van der Waals surface area contributed by atoms with Crippen molar-refractivity contribution in [2.24, 2.45) is 5.92 Å². The van der Waals surface area contributed by atoms with Crippen LogP contribution in [0.2, 0.25) is 0 Å². The summed E-state index contributed by atoms with van der Waals surface area (Å²) in [5.74, 6) is -0.818. The number of hydrogen-bond acceptors (Lipinski definition) is 7. The van der Waals surface area contributed by atoms with Crippen LogP contribution in [-0.4, -0.2) is 45.8 Å². The summed E-state index contributed by atoms with van der Waals surface area (Å²) < 4.78 is 39.6. The van der Waals surface area contributed by atoms with Crippen LogP contribution in [0.25, 0.3) is 21.7 Å². The fourth-order valence-corrected chi connectivity index (χ4v) is 3.82. The quantitative estimate of drug-likeness (QED) is 0.405. The Balaban J connectivity index is 2.00. The Hall–Kier alpha value is -3.87. The summed E-state index contributed by atoms with van der Waals surface area (Å²) in [7, 11) is 0. The molecular weight excluding hydrogens is 497 g/mol. The second-order valence-electron chi connectivity index (χ2n) is 7.90. The van der Waals surface area contributed by atoms with Crippen molar-refractivity contribution in [1.82, 2.24) is 25.6 Å². The molecule has 0 unspecified atom stereocenters. The van der Waals surface area contributed by atoms with Gasteiger partial charge in [0.15, 0.2) is 11.5 Å². The first-order valence-corrected chi connectivity index (χ1v) is 11.7. The van der Waals surface area contributed by atoms with E-state index in [1.165, 1.54) is 30.7 Å². The molecule has 0 aliphatic heterocycles. The van der Waals surface area contributed by atoms with Gasteiger partial charge in [-0.15, -0.1) is 11.3 Å². The molecule has 0 fully saturated rings. The third kappa shape index (κ3) is 6.62. The number of pyridine rings is 2. The summed E-state index contributed by atoms with van der Waals surface area (Å²) in [5.41, 5.74) is 0.0828. The average Bonchev–Trinajstić information content (AvgIpc) is 3.33. The number of carbonyl (C=O) groups excluding carboxylic acids is 3. The van der Waals surface area contributed by atoms with E-state index in [-0.39, 0.29) is 40.2 Å². The molecule has 0 bridgehead atoms. The summed E-state index contributed by atoms with van der Waals surface area (Å²) in [6.07, 6.45) is -0.544. The maximum atomic E-state index is 13.2. The number of rotatable bonds is 8. The highest BCUT2D eigenvalue weighted by Gasteiger charge is 2.34. The molecule has 0 aliphatic carbocycles. The van der Waals surface area contributed by atoms with Crippen LogP contribution in [0, 0.1) is 5.92 Å². The number of nitrogens with one attached hydrogen (secondary N) is 3. The van der Waals surface area contributed by atoms with Gasteiger partial charge in [0.1, 0.15) is 10.8 Å². The molecule has 3 aromatic rings. The molecule has 0 saturated carbocycles. The van der Waals surface area contributed by atoms with E-state index in [4.69, 9.17) is 0 Å². The summed E-state index contributed by atoms with van der Waals surface area (Å²) in [5, 5.41) is 8.52. The molecule has 3 amide bonds. The molecular formula is C23H23F3N6O3S. The Kier molecular flexibility index (Phi) is 8.35. The summed E-state index contributed by atoms with van der Waals surface area (Å²) >= 11 is 0.776. The van der Waals surface area contributed by atoms with Gasteiger partial charge in [0, 0.05) is 53.1 Å². The minimum absolute atomic E-state index is 0.0380. The van der Waals surface area contributed by atoms with Gasteiger partial charge in [0.05, 0.1) is 12.1 Å². The molecule has 9 nitrogen and oxygen atoms in total. The first-order valence-electron chi connectivity index (χ1n) is 10.8. The van der Waals surface area contributed by atoms with Crippen LogP contribution in [0.1, 0.15) is 36.8 Å². The number of nitrogens with zero attached hydrogens (tertiary/aromatic N) is 3. The third-order valence-corrected chi connectivity index (χ3v) is 5.76. The number of Topliss-reactive ketones (excluding diaryl/α,β-unsaturated/α-hetero) is 1. The minimum atomic E-state index is -4.63. The number of hydrogen-bond donors (Lipinski definition) is 3. The van der Waals surface area contributed by atoms with Gasteiger partial charge in [0.25, 0.3) is 5.91 Å². The number of aromatic nitrogens is 3.